The number of nitrogens with zero attached hydrogens (tertiary/aromatic N) is 1. The zero-order valence-corrected chi connectivity index (χ0v) is 7.84. The van der Waals surface area contributed by atoms with E-state index in [9.17, 15) is 5.11 Å². The highest BCUT2D eigenvalue weighted by atomic mass is 35.5. The normalized spacial score (nSPS) is 10.6. The van der Waals surface area contributed by atoms with E-state index in [1.54, 1.807) is 12.3 Å². The van der Waals surface area contributed by atoms with E-state index < -0.39 is 0 Å². The van der Waals surface area contributed by atoms with Crippen molar-refractivity contribution in [2.24, 2.45) is 0 Å². The van der Waals surface area contributed by atoms with Gasteiger partial charge in [-0.25, -0.2) is 0 Å². The molecule has 2 nitrogen and oxygen atoms in total. The second-order valence-electron chi connectivity index (χ2n) is 2.92. The Morgan fingerprint density at radius 2 is 2.23 bits per heavy atom. The minimum Gasteiger partial charge on any atom is -0.504 e. The van der Waals surface area contributed by atoms with Gasteiger partial charge in [0.05, 0.1) is 5.02 Å². The van der Waals surface area contributed by atoms with E-state index in [2.05, 4.69) is 4.98 Å². The Balaban J connectivity index is 2.97. The maximum absolute atomic E-state index is 9.59. The monoisotopic (exact) mass is 193 g/mol. The summed E-state index contributed by atoms with van der Waals surface area (Å²) in [6.45, 7) is 1.94. The summed E-state index contributed by atoms with van der Waals surface area (Å²) < 4.78 is 0. The molecule has 0 saturated carbocycles. The Morgan fingerprint density at radius 3 is 3.00 bits per heavy atom. The second-order valence-corrected chi connectivity index (χ2v) is 3.33. The fourth-order valence-corrected chi connectivity index (χ4v) is 1.61. The van der Waals surface area contributed by atoms with Crippen LogP contribution in [0.2, 0.25) is 5.02 Å². The molecule has 1 N–H and O–H groups in total. The van der Waals surface area contributed by atoms with E-state index in [-0.39, 0.29) is 5.75 Å². The standard InChI is InChI=1S/C10H8ClNO/c1-6-5-8(11)10(13)9-7(6)3-2-4-12-9/h2-5,13H,1H3. The van der Waals surface area contributed by atoms with Gasteiger partial charge in [-0.2, -0.15) is 0 Å². The summed E-state index contributed by atoms with van der Waals surface area (Å²) >= 11 is 5.80. The number of hydrogen-bond acceptors (Lipinski definition) is 2. The molecule has 2 aromatic rings. The first-order chi connectivity index (χ1) is 6.20. The molecule has 0 spiro atoms. The fraction of sp³-hybridized carbons (Fsp3) is 0.100. The Morgan fingerprint density at radius 1 is 1.46 bits per heavy atom. The molecule has 66 valence electrons. The molecule has 3 heteroatoms. The van der Waals surface area contributed by atoms with Crippen molar-refractivity contribution in [3.8, 4) is 5.75 Å². The van der Waals surface area contributed by atoms with Gasteiger partial charge in [0.15, 0.2) is 5.75 Å². The third kappa shape index (κ3) is 1.23. The van der Waals surface area contributed by atoms with Gasteiger partial charge in [-0.15, -0.1) is 0 Å². The molecule has 0 radical (unpaired) electrons. The number of benzene rings is 1. The minimum atomic E-state index is 0.0582. The predicted molar refractivity (Wildman–Crippen MR) is 53.2 cm³/mol. The Hall–Kier alpha value is -1.28. The van der Waals surface area contributed by atoms with Crippen LogP contribution in [-0.4, -0.2) is 10.1 Å². The number of fused-ring (bicyclic) bond motifs is 1. The summed E-state index contributed by atoms with van der Waals surface area (Å²) in [6.07, 6.45) is 1.64. The van der Waals surface area contributed by atoms with Gasteiger partial charge in [0.2, 0.25) is 0 Å². The van der Waals surface area contributed by atoms with Gasteiger partial charge in [0.25, 0.3) is 0 Å². The van der Waals surface area contributed by atoms with Crippen molar-refractivity contribution in [2.75, 3.05) is 0 Å². The van der Waals surface area contributed by atoms with Gasteiger partial charge in [-0.05, 0) is 24.6 Å². The van der Waals surface area contributed by atoms with E-state index in [1.165, 1.54) is 0 Å². The lowest BCUT2D eigenvalue weighted by Gasteiger charge is -2.04. The molecule has 0 saturated heterocycles. The van der Waals surface area contributed by atoms with Gasteiger partial charge >= 0.3 is 0 Å². The van der Waals surface area contributed by atoms with Crippen LogP contribution in [0.1, 0.15) is 5.56 Å². The van der Waals surface area contributed by atoms with Crippen LogP contribution in [-0.2, 0) is 0 Å². The summed E-state index contributed by atoms with van der Waals surface area (Å²) in [5.74, 6) is 0.0582. The van der Waals surface area contributed by atoms with Crippen molar-refractivity contribution in [1.82, 2.24) is 4.98 Å². The number of phenolic OH excluding ortho intramolecular Hbond substituents is 1. The molecule has 0 fully saturated rings. The van der Waals surface area contributed by atoms with Crippen molar-refractivity contribution >= 4 is 22.5 Å². The van der Waals surface area contributed by atoms with Crippen LogP contribution in [0.5, 0.6) is 5.75 Å². The lowest BCUT2D eigenvalue weighted by Crippen LogP contribution is -1.83. The van der Waals surface area contributed by atoms with Crippen LogP contribution >= 0.6 is 11.6 Å². The van der Waals surface area contributed by atoms with Crippen molar-refractivity contribution in [1.29, 1.82) is 0 Å². The lowest BCUT2D eigenvalue weighted by atomic mass is 10.1. The number of phenols is 1. The van der Waals surface area contributed by atoms with E-state index in [0.717, 1.165) is 10.9 Å². The van der Waals surface area contributed by atoms with Gasteiger partial charge in [0.1, 0.15) is 5.52 Å². The topological polar surface area (TPSA) is 33.1 Å². The number of aromatic nitrogens is 1. The van der Waals surface area contributed by atoms with E-state index in [4.69, 9.17) is 11.6 Å². The van der Waals surface area contributed by atoms with E-state index in [1.807, 2.05) is 19.1 Å². The summed E-state index contributed by atoms with van der Waals surface area (Å²) in [5, 5.41) is 10.9. The molecule has 2 rings (SSSR count). The smallest absolute Gasteiger partial charge is 0.160 e. The van der Waals surface area contributed by atoms with Crippen LogP contribution in [0.15, 0.2) is 24.4 Å². The van der Waals surface area contributed by atoms with Gasteiger partial charge < -0.3 is 5.11 Å². The summed E-state index contributed by atoms with van der Waals surface area (Å²) in [6, 6.07) is 5.48. The molecule has 0 atom stereocenters. The van der Waals surface area contributed by atoms with Crippen molar-refractivity contribution < 1.29 is 5.11 Å². The highest BCUT2D eigenvalue weighted by Gasteiger charge is 2.07. The molecule has 0 aliphatic heterocycles. The molecule has 0 bridgehead atoms. The summed E-state index contributed by atoms with van der Waals surface area (Å²) in [5.41, 5.74) is 1.58. The van der Waals surface area contributed by atoms with Crippen molar-refractivity contribution in [2.45, 2.75) is 6.92 Å². The zero-order valence-electron chi connectivity index (χ0n) is 7.08. The third-order valence-corrected chi connectivity index (χ3v) is 2.31. The first-order valence-corrected chi connectivity index (χ1v) is 4.31. The molecule has 0 aliphatic rings. The highest BCUT2D eigenvalue weighted by Crippen LogP contribution is 2.32. The Kier molecular flexibility index (Phi) is 1.85. The summed E-state index contributed by atoms with van der Waals surface area (Å²) in [7, 11) is 0. The molecule has 0 aliphatic carbocycles. The number of halogens is 1. The van der Waals surface area contributed by atoms with Crippen LogP contribution in [0.25, 0.3) is 10.9 Å². The first-order valence-electron chi connectivity index (χ1n) is 3.93. The first kappa shape index (κ1) is 8.32. The third-order valence-electron chi connectivity index (χ3n) is 2.03. The van der Waals surface area contributed by atoms with Crippen LogP contribution < -0.4 is 0 Å². The molecule has 13 heavy (non-hydrogen) atoms. The highest BCUT2D eigenvalue weighted by molar-refractivity contribution is 6.33. The predicted octanol–water partition coefficient (Wildman–Crippen LogP) is 2.90. The number of hydrogen-bond donors (Lipinski definition) is 1. The number of pyridine rings is 1. The van der Waals surface area contributed by atoms with Crippen LogP contribution in [0.4, 0.5) is 0 Å². The maximum atomic E-state index is 9.59. The summed E-state index contributed by atoms with van der Waals surface area (Å²) in [4.78, 5) is 4.07. The van der Waals surface area contributed by atoms with Gasteiger partial charge in [-0.3, -0.25) is 4.98 Å². The molecule has 1 aromatic carbocycles. The van der Waals surface area contributed by atoms with Crippen molar-refractivity contribution in [3.05, 3.63) is 35.0 Å². The Labute approximate surface area is 80.8 Å². The number of aryl methyl sites for hydroxylation is 1. The van der Waals surface area contributed by atoms with E-state index in [0.29, 0.717) is 10.5 Å². The lowest BCUT2D eigenvalue weighted by molar-refractivity contribution is 0.480. The SMILES string of the molecule is Cc1cc(Cl)c(O)c2ncccc12. The molecular weight excluding hydrogens is 186 g/mol. The van der Waals surface area contributed by atoms with Crippen LogP contribution in [0, 0.1) is 6.92 Å². The Bertz CT molecular complexity index is 468. The van der Waals surface area contributed by atoms with E-state index >= 15 is 0 Å². The molecule has 1 heterocycles. The molecule has 0 unspecified atom stereocenters. The quantitative estimate of drug-likeness (QED) is 0.698. The zero-order chi connectivity index (χ0) is 9.42. The van der Waals surface area contributed by atoms with Crippen LogP contribution in [0.3, 0.4) is 0 Å². The van der Waals surface area contributed by atoms with Gasteiger partial charge in [-0.1, -0.05) is 17.7 Å². The largest absolute Gasteiger partial charge is 0.504 e. The molecule has 0 amide bonds. The molecular formula is C10H8ClNO. The number of aromatic hydroxyl groups is 1. The van der Waals surface area contributed by atoms with Crippen molar-refractivity contribution in [3.63, 3.8) is 0 Å². The average molecular weight is 194 g/mol. The molecule has 1 aromatic heterocycles. The second kappa shape index (κ2) is 2.89. The fourth-order valence-electron chi connectivity index (χ4n) is 1.36. The number of rotatable bonds is 0. The average Bonchev–Trinajstić information content (AvgIpc) is 2.15. The minimum absolute atomic E-state index is 0.0582. The van der Waals surface area contributed by atoms with Gasteiger partial charge in [0, 0.05) is 11.6 Å². The maximum Gasteiger partial charge on any atom is 0.160 e.